The molecule has 0 bridgehead atoms. The Balaban J connectivity index is 1.83. The van der Waals surface area contributed by atoms with E-state index < -0.39 is 0 Å². The van der Waals surface area contributed by atoms with Crippen molar-refractivity contribution in [2.75, 3.05) is 7.11 Å². The van der Waals surface area contributed by atoms with Crippen LogP contribution in [0.15, 0.2) is 29.6 Å². The quantitative estimate of drug-likeness (QED) is 0.892. The molecule has 2 aromatic rings. The number of aromatic nitrogens is 1. The molecule has 0 radical (unpaired) electrons. The first-order chi connectivity index (χ1) is 10.1. The molecule has 1 aromatic heterocycles. The summed E-state index contributed by atoms with van der Waals surface area (Å²) in [5.41, 5.74) is 1.89. The minimum absolute atomic E-state index is 0.000682. The van der Waals surface area contributed by atoms with Gasteiger partial charge in [-0.3, -0.25) is 4.79 Å². The Bertz CT molecular complexity index is 591. The van der Waals surface area contributed by atoms with E-state index in [0.29, 0.717) is 18.9 Å². The lowest BCUT2D eigenvalue weighted by atomic mass is 10.1. The van der Waals surface area contributed by atoms with Crippen LogP contribution in [0, 0.1) is 0 Å². The van der Waals surface area contributed by atoms with Gasteiger partial charge in [-0.05, 0) is 17.7 Å². The van der Waals surface area contributed by atoms with Crippen LogP contribution in [0.5, 0.6) is 5.75 Å². The minimum atomic E-state index is -0.000682. The van der Waals surface area contributed by atoms with Crippen molar-refractivity contribution in [2.45, 2.75) is 32.7 Å². The van der Waals surface area contributed by atoms with Gasteiger partial charge >= 0.3 is 0 Å². The molecule has 0 spiro atoms. The number of benzene rings is 1. The Labute approximate surface area is 129 Å². The maximum Gasteiger partial charge on any atom is 0.224 e. The highest BCUT2D eigenvalue weighted by atomic mass is 32.1. The Morgan fingerprint density at radius 3 is 2.62 bits per heavy atom. The third kappa shape index (κ3) is 4.56. The fourth-order valence-corrected chi connectivity index (χ4v) is 2.68. The summed E-state index contributed by atoms with van der Waals surface area (Å²) in [6.07, 6.45) is 0.366. The number of methoxy groups -OCH3 is 1. The maximum atomic E-state index is 11.9. The van der Waals surface area contributed by atoms with Crippen LogP contribution in [0.2, 0.25) is 0 Å². The Hall–Kier alpha value is -1.88. The highest BCUT2D eigenvalue weighted by molar-refractivity contribution is 7.09. The molecule has 2 rings (SSSR count). The average Bonchev–Trinajstić information content (AvgIpc) is 2.95. The average molecular weight is 304 g/mol. The molecular weight excluding hydrogens is 284 g/mol. The Morgan fingerprint density at radius 1 is 1.33 bits per heavy atom. The van der Waals surface area contributed by atoms with Crippen molar-refractivity contribution < 1.29 is 9.53 Å². The van der Waals surface area contributed by atoms with Crippen molar-refractivity contribution in [3.8, 4) is 5.75 Å². The molecule has 112 valence electrons. The van der Waals surface area contributed by atoms with Crippen LogP contribution >= 0.6 is 11.3 Å². The second-order valence-electron chi connectivity index (χ2n) is 5.13. The van der Waals surface area contributed by atoms with Gasteiger partial charge in [-0.2, -0.15) is 0 Å². The van der Waals surface area contributed by atoms with Gasteiger partial charge in [0.1, 0.15) is 5.75 Å². The van der Waals surface area contributed by atoms with E-state index in [-0.39, 0.29) is 5.91 Å². The molecule has 0 saturated carbocycles. The second-order valence-corrected chi connectivity index (χ2v) is 6.02. The lowest BCUT2D eigenvalue weighted by Crippen LogP contribution is -2.24. The van der Waals surface area contributed by atoms with Gasteiger partial charge in [-0.1, -0.05) is 26.0 Å². The van der Waals surface area contributed by atoms with E-state index in [2.05, 4.69) is 24.1 Å². The number of hydrogen-bond donors (Lipinski definition) is 1. The zero-order chi connectivity index (χ0) is 15.2. The lowest BCUT2D eigenvalue weighted by Gasteiger charge is -2.05. The normalized spacial score (nSPS) is 10.7. The molecule has 0 aliphatic heterocycles. The molecule has 1 amide bonds. The van der Waals surface area contributed by atoms with Gasteiger partial charge in [-0.15, -0.1) is 11.3 Å². The topological polar surface area (TPSA) is 51.2 Å². The van der Waals surface area contributed by atoms with Crippen LogP contribution < -0.4 is 10.1 Å². The Morgan fingerprint density at radius 2 is 2.05 bits per heavy atom. The third-order valence-corrected chi connectivity index (χ3v) is 4.25. The van der Waals surface area contributed by atoms with Crippen LogP contribution in [-0.4, -0.2) is 18.0 Å². The highest BCUT2D eigenvalue weighted by Gasteiger charge is 2.08. The molecular formula is C16H20N2O2S. The molecule has 0 aliphatic rings. The van der Waals surface area contributed by atoms with Gasteiger partial charge < -0.3 is 10.1 Å². The third-order valence-electron chi connectivity index (χ3n) is 3.05. The number of thiazole rings is 1. The standard InChI is InChI=1S/C16H20N2O2S/c1-11(2)16-18-13(10-21-16)9-17-15(19)8-12-4-6-14(20-3)7-5-12/h4-7,10-11H,8-9H2,1-3H3,(H,17,19). The molecule has 1 aromatic carbocycles. The van der Waals surface area contributed by atoms with E-state index in [0.717, 1.165) is 22.0 Å². The molecule has 0 aliphatic carbocycles. The van der Waals surface area contributed by atoms with Crippen LogP contribution in [0.1, 0.15) is 36.0 Å². The molecule has 5 heteroatoms. The largest absolute Gasteiger partial charge is 0.497 e. The SMILES string of the molecule is COc1ccc(CC(=O)NCc2csc(C(C)C)n2)cc1. The molecule has 1 heterocycles. The molecule has 0 fully saturated rings. The number of carbonyl (C=O) groups excluding carboxylic acids is 1. The van der Waals surface area contributed by atoms with Crippen molar-refractivity contribution in [1.82, 2.24) is 10.3 Å². The number of nitrogens with one attached hydrogen (secondary N) is 1. The zero-order valence-corrected chi connectivity index (χ0v) is 13.4. The van der Waals surface area contributed by atoms with Crippen molar-refractivity contribution >= 4 is 17.2 Å². The number of hydrogen-bond acceptors (Lipinski definition) is 4. The van der Waals surface area contributed by atoms with E-state index in [9.17, 15) is 4.79 Å². The number of ether oxygens (including phenoxy) is 1. The number of nitrogens with zero attached hydrogens (tertiary/aromatic N) is 1. The number of carbonyl (C=O) groups is 1. The van der Waals surface area contributed by atoms with Crippen LogP contribution in [-0.2, 0) is 17.8 Å². The summed E-state index contributed by atoms with van der Waals surface area (Å²) >= 11 is 1.64. The number of amides is 1. The smallest absolute Gasteiger partial charge is 0.224 e. The summed E-state index contributed by atoms with van der Waals surface area (Å²) in [7, 11) is 1.63. The molecule has 0 atom stereocenters. The van der Waals surface area contributed by atoms with Gasteiger partial charge in [0.25, 0.3) is 0 Å². The Kier molecular flexibility index (Phi) is 5.33. The van der Waals surface area contributed by atoms with Crippen molar-refractivity contribution in [3.63, 3.8) is 0 Å². The highest BCUT2D eigenvalue weighted by Crippen LogP contribution is 2.19. The zero-order valence-electron chi connectivity index (χ0n) is 12.6. The van der Waals surface area contributed by atoms with Crippen molar-refractivity contribution in [3.05, 3.63) is 45.9 Å². The van der Waals surface area contributed by atoms with E-state index >= 15 is 0 Å². The van der Waals surface area contributed by atoms with Gasteiger partial charge in [0, 0.05) is 11.3 Å². The first-order valence-corrected chi connectivity index (χ1v) is 7.80. The van der Waals surface area contributed by atoms with Crippen molar-refractivity contribution in [2.24, 2.45) is 0 Å². The minimum Gasteiger partial charge on any atom is -0.497 e. The number of rotatable bonds is 6. The first-order valence-electron chi connectivity index (χ1n) is 6.92. The molecule has 1 N–H and O–H groups in total. The summed E-state index contributed by atoms with van der Waals surface area (Å²) in [6, 6.07) is 7.52. The second kappa shape index (κ2) is 7.22. The van der Waals surface area contributed by atoms with Gasteiger partial charge in [0.05, 0.1) is 30.8 Å². The summed E-state index contributed by atoms with van der Waals surface area (Å²) in [4.78, 5) is 16.4. The van der Waals surface area contributed by atoms with Crippen LogP contribution in [0.3, 0.4) is 0 Å². The van der Waals surface area contributed by atoms with E-state index in [1.165, 1.54) is 0 Å². The summed E-state index contributed by atoms with van der Waals surface area (Å²) in [6.45, 7) is 4.72. The van der Waals surface area contributed by atoms with Gasteiger partial charge in [-0.25, -0.2) is 4.98 Å². The van der Waals surface area contributed by atoms with E-state index in [1.54, 1.807) is 18.4 Å². The fourth-order valence-electron chi connectivity index (χ4n) is 1.85. The van der Waals surface area contributed by atoms with Gasteiger partial charge in [0.15, 0.2) is 0 Å². The molecule has 4 nitrogen and oxygen atoms in total. The van der Waals surface area contributed by atoms with E-state index in [4.69, 9.17) is 4.74 Å². The monoisotopic (exact) mass is 304 g/mol. The summed E-state index contributed by atoms with van der Waals surface area (Å²) in [5.74, 6) is 1.22. The summed E-state index contributed by atoms with van der Waals surface area (Å²) in [5, 5.41) is 6.01. The van der Waals surface area contributed by atoms with Crippen molar-refractivity contribution in [1.29, 1.82) is 0 Å². The fraction of sp³-hybridized carbons (Fsp3) is 0.375. The maximum absolute atomic E-state index is 11.9. The first kappa shape index (κ1) is 15.5. The van der Waals surface area contributed by atoms with Crippen LogP contribution in [0.25, 0.3) is 0 Å². The lowest BCUT2D eigenvalue weighted by molar-refractivity contribution is -0.120. The van der Waals surface area contributed by atoms with E-state index in [1.807, 2.05) is 29.6 Å². The molecule has 21 heavy (non-hydrogen) atoms. The van der Waals surface area contributed by atoms with Gasteiger partial charge in [0.2, 0.25) is 5.91 Å². The van der Waals surface area contributed by atoms with Crippen LogP contribution in [0.4, 0.5) is 0 Å². The predicted molar refractivity (Wildman–Crippen MR) is 84.7 cm³/mol. The molecule has 0 saturated heterocycles. The predicted octanol–water partition coefficient (Wildman–Crippen LogP) is 3.13. The summed E-state index contributed by atoms with van der Waals surface area (Å²) < 4.78 is 5.09. The molecule has 0 unspecified atom stereocenters.